The van der Waals surface area contributed by atoms with Crippen molar-refractivity contribution in [2.45, 2.75) is 19.6 Å². The maximum atomic E-state index is 6.11. The average Bonchev–Trinajstić information content (AvgIpc) is 2.38. The van der Waals surface area contributed by atoms with E-state index in [0.717, 1.165) is 16.9 Å². The van der Waals surface area contributed by atoms with Crippen molar-refractivity contribution in [2.24, 2.45) is 5.73 Å². The van der Waals surface area contributed by atoms with Gasteiger partial charge in [-0.2, -0.15) is 0 Å². The second-order valence-electron chi connectivity index (χ2n) is 4.35. The van der Waals surface area contributed by atoms with Gasteiger partial charge in [0.2, 0.25) is 0 Å². The van der Waals surface area contributed by atoms with Crippen LogP contribution in [0, 0.1) is 0 Å². The highest BCUT2D eigenvalue weighted by Crippen LogP contribution is 2.26. The Hall–Kier alpha value is -1.22. The first-order valence-electron chi connectivity index (χ1n) is 5.99. The Kier molecular flexibility index (Phi) is 4.70. The molecule has 0 radical (unpaired) electrons. The quantitative estimate of drug-likeness (QED) is 0.895. The molecule has 4 heteroatoms. The summed E-state index contributed by atoms with van der Waals surface area (Å²) in [7, 11) is 0. The smallest absolute Gasteiger partial charge is 0.124 e. The zero-order valence-corrected chi connectivity index (χ0v) is 12.1. The molecular weight excluding hydrogens is 281 g/mol. The highest BCUT2D eigenvalue weighted by Gasteiger charge is 2.08. The largest absolute Gasteiger partial charge is 0.489 e. The van der Waals surface area contributed by atoms with E-state index in [1.807, 2.05) is 37.3 Å². The second-order valence-corrected chi connectivity index (χ2v) is 5.19. The summed E-state index contributed by atoms with van der Waals surface area (Å²) >= 11 is 12.0. The van der Waals surface area contributed by atoms with Gasteiger partial charge in [0.1, 0.15) is 12.4 Å². The van der Waals surface area contributed by atoms with Crippen molar-refractivity contribution in [3.63, 3.8) is 0 Å². The van der Waals surface area contributed by atoms with Gasteiger partial charge >= 0.3 is 0 Å². The lowest BCUT2D eigenvalue weighted by Crippen LogP contribution is -2.08. The standard InChI is InChI=1S/C15H15Cl2NO/c1-10(18)13-4-2-3-5-15(13)19-9-11-6-7-12(16)8-14(11)17/h2-8,10H,9,18H2,1H3/t10-/m1/s1. The van der Waals surface area contributed by atoms with E-state index in [0.29, 0.717) is 16.7 Å². The van der Waals surface area contributed by atoms with Gasteiger partial charge in [-0.15, -0.1) is 0 Å². The van der Waals surface area contributed by atoms with Crippen LogP contribution < -0.4 is 10.5 Å². The summed E-state index contributed by atoms with van der Waals surface area (Å²) in [5, 5.41) is 1.22. The van der Waals surface area contributed by atoms with Gasteiger partial charge in [0.15, 0.2) is 0 Å². The van der Waals surface area contributed by atoms with Gasteiger partial charge in [-0.25, -0.2) is 0 Å². The third-order valence-corrected chi connectivity index (χ3v) is 3.39. The van der Waals surface area contributed by atoms with Crippen LogP contribution >= 0.6 is 23.2 Å². The van der Waals surface area contributed by atoms with E-state index in [4.69, 9.17) is 33.7 Å². The number of hydrogen-bond acceptors (Lipinski definition) is 2. The number of benzene rings is 2. The number of rotatable bonds is 4. The zero-order valence-electron chi connectivity index (χ0n) is 10.6. The van der Waals surface area contributed by atoms with Crippen LogP contribution in [0.4, 0.5) is 0 Å². The van der Waals surface area contributed by atoms with Crippen molar-refractivity contribution < 1.29 is 4.74 Å². The predicted octanol–water partition coefficient (Wildman–Crippen LogP) is 4.59. The number of nitrogens with two attached hydrogens (primary N) is 1. The fourth-order valence-corrected chi connectivity index (χ4v) is 2.25. The Morgan fingerprint density at radius 3 is 2.58 bits per heavy atom. The van der Waals surface area contributed by atoms with Crippen LogP contribution in [0.3, 0.4) is 0 Å². The van der Waals surface area contributed by atoms with Crippen molar-refractivity contribution in [1.29, 1.82) is 0 Å². The minimum Gasteiger partial charge on any atom is -0.489 e. The monoisotopic (exact) mass is 295 g/mol. The third kappa shape index (κ3) is 3.63. The zero-order chi connectivity index (χ0) is 13.8. The molecule has 2 aromatic carbocycles. The summed E-state index contributed by atoms with van der Waals surface area (Å²) in [5.74, 6) is 0.781. The van der Waals surface area contributed by atoms with E-state index < -0.39 is 0 Å². The van der Waals surface area contributed by atoms with Gasteiger partial charge in [0, 0.05) is 27.2 Å². The molecule has 0 amide bonds. The summed E-state index contributed by atoms with van der Waals surface area (Å²) in [6, 6.07) is 13.0. The molecule has 0 aromatic heterocycles. The number of hydrogen-bond donors (Lipinski definition) is 1. The minimum atomic E-state index is -0.0723. The lowest BCUT2D eigenvalue weighted by atomic mass is 10.1. The van der Waals surface area contributed by atoms with Crippen LogP contribution in [0.2, 0.25) is 10.0 Å². The van der Waals surface area contributed by atoms with Crippen LogP contribution in [0.5, 0.6) is 5.75 Å². The van der Waals surface area contributed by atoms with Crippen molar-refractivity contribution >= 4 is 23.2 Å². The Balaban J connectivity index is 2.14. The fourth-order valence-electron chi connectivity index (χ4n) is 1.78. The number of ether oxygens (including phenoxy) is 1. The van der Waals surface area contributed by atoms with Crippen LogP contribution in [0.15, 0.2) is 42.5 Å². The molecule has 0 saturated carbocycles. The van der Waals surface area contributed by atoms with Crippen LogP contribution in [-0.2, 0) is 6.61 Å². The Morgan fingerprint density at radius 2 is 1.89 bits per heavy atom. The second kappa shape index (κ2) is 6.29. The van der Waals surface area contributed by atoms with Crippen LogP contribution in [-0.4, -0.2) is 0 Å². The molecule has 2 nitrogen and oxygen atoms in total. The first-order valence-corrected chi connectivity index (χ1v) is 6.74. The highest BCUT2D eigenvalue weighted by molar-refractivity contribution is 6.35. The lowest BCUT2D eigenvalue weighted by Gasteiger charge is -2.14. The van der Waals surface area contributed by atoms with E-state index in [1.165, 1.54) is 0 Å². The summed E-state index contributed by atoms with van der Waals surface area (Å²) in [4.78, 5) is 0. The number of halogens is 2. The van der Waals surface area contributed by atoms with Gasteiger partial charge < -0.3 is 10.5 Å². The van der Waals surface area contributed by atoms with Crippen molar-refractivity contribution in [2.75, 3.05) is 0 Å². The molecule has 100 valence electrons. The lowest BCUT2D eigenvalue weighted by molar-refractivity contribution is 0.301. The summed E-state index contributed by atoms with van der Waals surface area (Å²) < 4.78 is 5.80. The molecule has 1 atom stereocenters. The van der Waals surface area contributed by atoms with Crippen molar-refractivity contribution in [3.05, 3.63) is 63.6 Å². The molecule has 0 fully saturated rings. The first-order chi connectivity index (χ1) is 9.08. The predicted molar refractivity (Wildman–Crippen MR) is 79.8 cm³/mol. The molecule has 2 aromatic rings. The maximum absolute atomic E-state index is 6.11. The third-order valence-electron chi connectivity index (χ3n) is 2.81. The van der Waals surface area contributed by atoms with E-state index >= 15 is 0 Å². The molecule has 2 N–H and O–H groups in total. The van der Waals surface area contributed by atoms with Gasteiger partial charge in [0.05, 0.1) is 0 Å². The molecule has 0 saturated heterocycles. The minimum absolute atomic E-state index is 0.0723. The molecule has 19 heavy (non-hydrogen) atoms. The molecule has 0 bridgehead atoms. The van der Waals surface area contributed by atoms with Gasteiger partial charge in [-0.3, -0.25) is 0 Å². The molecule has 2 rings (SSSR count). The normalized spacial score (nSPS) is 12.2. The summed E-state index contributed by atoms with van der Waals surface area (Å²) in [6.45, 7) is 2.32. The molecule has 0 heterocycles. The summed E-state index contributed by atoms with van der Waals surface area (Å²) in [6.07, 6.45) is 0. The Labute approximate surface area is 123 Å². The van der Waals surface area contributed by atoms with Crippen molar-refractivity contribution in [3.8, 4) is 5.75 Å². The van der Waals surface area contributed by atoms with Crippen LogP contribution in [0.25, 0.3) is 0 Å². The molecule has 0 aliphatic carbocycles. The molecule has 0 spiro atoms. The van der Waals surface area contributed by atoms with Gasteiger partial charge in [-0.1, -0.05) is 47.5 Å². The SMILES string of the molecule is C[C@@H](N)c1ccccc1OCc1ccc(Cl)cc1Cl. The molecule has 0 unspecified atom stereocenters. The number of para-hydroxylation sites is 1. The Morgan fingerprint density at radius 1 is 1.16 bits per heavy atom. The van der Waals surface area contributed by atoms with Gasteiger partial charge in [-0.05, 0) is 25.1 Å². The highest BCUT2D eigenvalue weighted by atomic mass is 35.5. The fraction of sp³-hybridized carbons (Fsp3) is 0.200. The first kappa shape index (κ1) is 14.2. The molecule has 0 aliphatic heterocycles. The van der Waals surface area contributed by atoms with E-state index in [-0.39, 0.29) is 6.04 Å². The maximum Gasteiger partial charge on any atom is 0.124 e. The van der Waals surface area contributed by atoms with Gasteiger partial charge in [0.25, 0.3) is 0 Å². The van der Waals surface area contributed by atoms with Crippen molar-refractivity contribution in [1.82, 2.24) is 0 Å². The Bertz CT molecular complexity index is 570. The van der Waals surface area contributed by atoms with E-state index in [9.17, 15) is 0 Å². The average molecular weight is 296 g/mol. The van der Waals surface area contributed by atoms with E-state index in [1.54, 1.807) is 12.1 Å². The molecule has 0 aliphatic rings. The van der Waals surface area contributed by atoms with Crippen LogP contribution in [0.1, 0.15) is 24.1 Å². The topological polar surface area (TPSA) is 35.2 Å². The molecular formula is C15H15Cl2NO. The summed E-state index contributed by atoms with van der Waals surface area (Å²) in [5.41, 5.74) is 7.78. The van der Waals surface area contributed by atoms with E-state index in [2.05, 4.69) is 0 Å².